The molecule has 12 rings (SSSR count). The van der Waals surface area contributed by atoms with Crippen molar-refractivity contribution in [1.29, 1.82) is 0 Å². The summed E-state index contributed by atoms with van der Waals surface area (Å²) in [5, 5.41) is 2.46. The summed E-state index contributed by atoms with van der Waals surface area (Å²) in [6, 6.07) is 86.5. The number of aromatic nitrogens is 3. The molecule has 4 nitrogen and oxygen atoms in total. The fourth-order valence-electron chi connectivity index (χ4n) is 10.9. The zero-order chi connectivity index (χ0) is 50.0. The van der Waals surface area contributed by atoms with Gasteiger partial charge in [0.1, 0.15) is 0 Å². The summed E-state index contributed by atoms with van der Waals surface area (Å²) in [6.07, 6.45) is 8.42. The molecular weight excluding hydrogens is 897 g/mol. The van der Waals surface area contributed by atoms with Crippen LogP contribution in [0.3, 0.4) is 0 Å². The van der Waals surface area contributed by atoms with Crippen LogP contribution in [0.5, 0.6) is 0 Å². The fourth-order valence-corrected chi connectivity index (χ4v) is 10.9. The lowest BCUT2D eigenvalue weighted by atomic mass is 9.66. The standard InChI is InChI=1S/C70H52N4/c1-4-5-9-22-49(3)70(64-47-56(38-37-48(64)2)69-72-67(54-26-12-7-13-27-54)71-68(73-69)55-28-14-8-15-29-55)62-34-19-18-32-61(62)66-63(70)35-21-36-65(66)74(57-43-39-51(40-44-57)50-23-10-6-11-24-50)58-45-41-53(42-46-58)60-33-20-30-52-25-16-17-31-59(52)60/h4-47H,3H2,1-2H3/b5-4-,22-9-. The van der Waals surface area contributed by atoms with Crippen molar-refractivity contribution in [2.45, 2.75) is 19.3 Å². The average molecular weight is 949 g/mol. The van der Waals surface area contributed by atoms with Crippen molar-refractivity contribution >= 4 is 27.8 Å². The molecule has 11 aromatic rings. The van der Waals surface area contributed by atoms with Gasteiger partial charge in [-0.2, -0.15) is 0 Å². The molecule has 1 heterocycles. The number of benzene rings is 10. The van der Waals surface area contributed by atoms with Crippen LogP contribution in [0.2, 0.25) is 0 Å². The first-order chi connectivity index (χ1) is 36.5. The second-order valence-corrected chi connectivity index (χ2v) is 18.8. The summed E-state index contributed by atoms with van der Waals surface area (Å²) in [5.41, 5.74) is 17.6. The first-order valence-electron chi connectivity index (χ1n) is 25.2. The third-order valence-corrected chi connectivity index (χ3v) is 14.4. The first-order valence-corrected chi connectivity index (χ1v) is 25.2. The van der Waals surface area contributed by atoms with Gasteiger partial charge >= 0.3 is 0 Å². The molecule has 0 aliphatic heterocycles. The van der Waals surface area contributed by atoms with Crippen LogP contribution >= 0.6 is 0 Å². The topological polar surface area (TPSA) is 41.9 Å². The van der Waals surface area contributed by atoms with E-state index in [1.165, 1.54) is 21.9 Å². The van der Waals surface area contributed by atoms with Crippen molar-refractivity contribution < 1.29 is 0 Å². The SMILES string of the molecule is C=C(/C=C\C=C/C)C1(c2cc(-c3nc(-c4ccccc4)nc(-c4ccccc4)n3)ccc2C)c2ccccc2-c2c(N(c3ccc(-c4ccccc4)cc3)c3ccc(-c4cccc5ccccc45)cc3)cccc21. The predicted octanol–water partition coefficient (Wildman–Crippen LogP) is 18.1. The van der Waals surface area contributed by atoms with E-state index in [1.807, 2.05) is 43.3 Å². The zero-order valence-corrected chi connectivity index (χ0v) is 41.4. The molecule has 1 aliphatic rings. The number of rotatable bonds is 12. The Bertz CT molecular complexity index is 3850. The molecule has 0 saturated heterocycles. The minimum absolute atomic E-state index is 0.599. The molecule has 4 heteroatoms. The Hall–Kier alpha value is -9.51. The van der Waals surface area contributed by atoms with Crippen molar-refractivity contribution in [3.05, 3.63) is 301 Å². The lowest BCUT2D eigenvalue weighted by Gasteiger charge is -2.36. The number of hydrogen-bond donors (Lipinski definition) is 0. The molecule has 1 unspecified atom stereocenters. The second-order valence-electron chi connectivity index (χ2n) is 18.8. The van der Waals surface area contributed by atoms with Crippen LogP contribution in [-0.4, -0.2) is 15.0 Å². The average Bonchev–Trinajstić information content (AvgIpc) is 3.78. The van der Waals surface area contributed by atoms with Crippen LogP contribution < -0.4 is 4.90 Å². The van der Waals surface area contributed by atoms with Gasteiger partial charge in [-0.05, 0) is 117 Å². The largest absolute Gasteiger partial charge is 0.310 e. The molecule has 0 saturated carbocycles. The van der Waals surface area contributed by atoms with Gasteiger partial charge in [-0.15, -0.1) is 0 Å². The molecule has 1 aliphatic carbocycles. The van der Waals surface area contributed by atoms with E-state index in [0.717, 1.165) is 83.8 Å². The summed E-state index contributed by atoms with van der Waals surface area (Å²) >= 11 is 0. The lowest BCUT2D eigenvalue weighted by molar-refractivity contribution is 0.763. The molecule has 0 bridgehead atoms. The summed E-state index contributed by atoms with van der Waals surface area (Å²) in [7, 11) is 0. The maximum atomic E-state index is 5.21. The lowest BCUT2D eigenvalue weighted by Crippen LogP contribution is -2.30. The first kappa shape index (κ1) is 45.6. The summed E-state index contributed by atoms with van der Waals surface area (Å²) < 4.78 is 0. The van der Waals surface area contributed by atoms with Crippen LogP contribution in [0.1, 0.15) is 29.2 Å². The minimum Gasteiger partial charge on any atom is -0.310 e. The Balaban J connectivity index is 1.08. The number of allylic oxidation sites excluding steroid dienone is 5. The van der Waals surface area contributed by atoms with Crippen LogP contribution in [0, 0.1) is 6.92 Å². The Kier molecular flexibility index (Phi) is 12.1. The summed E-state index contributed by atoms with van der Waals surface area (Å²) in [4.78, 5) is 17.9. The minimum atomic E-state index is -0.821. The molecule has 74 heavy (non-hydrogen) atoms. The van der Waals surface area contributed by atoms with E-state index in [4.69, 9.17) is 21.5 Å². The number of anilines is 3. The van der Waals surface area contributed by atoms with Gasteiger partial charge in [0.25, 0.3) is 0 Å². The van der Waals surface area contributed by atoms with Crippen LogP contribution in [-0.2, 0) is 5.41 Å². The molecule has 1 atom stereocenters. The van der Waals surface area contributed by atoms with Crippen LogP contribution in [0.4, 0.5) is 17.1 Å². The quantitative estimate of drug-likeness (QED) is 0.114. The van der Waals surface area contributed by atoms with E-state index in [9.17, 15) is 0 Å². The van der Waals surface area contributed by atoms with Crippen molar-refractivity contribution in [2.24, 2.45) is 0 Å². The Morgan fingerprint density at radius 1 is 0.432 bits per heavy atom. The maximum Gasteiger partial charge on any atom is 0.164 e. The molecular formula is C70H52N4. The zero-order valence-electron chi connectivity index (χ0n) is 41.4. The maximum absolute atomic E-state index is 5.21. The van der Waals surface area contributed by atoms with Gasteiger partial charge in [0, 0.05) is 33.6 Å². The number of fused-ring (bicyclic) bond motifs is 4. The Morgan fingerprint density at radius 3 is 1.59 bits per heavy atom. The van der Waals surface area contributed by atoms with Gasteiger partial charge in [-0.1, -0.05) is 237 Å². The van der Waals surface area contributed by atoms with E-state index in [0.29, 0.717) is 17.5 Å². The van der Waals surface area contributed by atoms with Crippen molar-refractivity contribution in [1.82, 2.24) is 15.0 Å². The van der Waals surface area contributed by atoms with E-state index in [2.05, 4.69) is 242 Å². The smallest absolute Gasteiger partial charge is 0.164 e. The van der Waals surface area contributed by atoms with E-state index in [1.54, 1.807) is 0 Å². The number of aryl methyl sites for hydroxylation is 1. The van der Waals surface area contributed by atoms with Crippen molar-refractivity contribution in [2.75, 3.05) is 4.90 Å². The molecule has 0 N–H and O–H groups in total. The third kappa shape index (κ3) is 8.13. The highest BCUT2D eigenvalue weighted by molar-refractivity contribution is 5.99. The molecule has 1 aromatic heterocycles. The van der Waals surface area contributed by atoms with Gasteiger partial charge in [-0.25, -0.2) is 15.0 Å². The molecule has 0 fully saturated rings. The molecule has 352 valence electrons. The highest BCUT2D eigenvalue weighted by Gasteiger charge is 2.48. The molecule has 0 amide bonds. The summed E-state index contributed by atoms with van der Waals surface area (Å²) in [6.45, 7) is 9.27. The predicted molar refractivity (Wildman–Crippen MR) is 309 cm³/mol. The van der Waals surface area contributed by atoms with E-state index < -0.39 is 5.41 Å². The van der Waals surface area contributed by atoms with Gasteiger partial charge in [0.2, 0.25) is 0 Å². The Labute approximate surface area is 433 Å². The Morgan fingerprint density at radius 2 is 0.932 bits per heavy atom. The molecule has 0 spiro atoms. The van der Waals surface area contributed by atoms with E-state index in [-0.39, 0.29) is 0 Å². The van der Waals surface area contributed by atoms with Crippen molar-refractivity contribution in [3.8, 4) is 67.5 Å². The van der Waals surface area contributed by atoms with Crippen LogP contribution in [0.15, 0.2) is 279 Å². The second kappa shape index (κ2) is 19.6. The fraction of sp³-hybridized carbons (Fsp3) is 0.0429. The van der Waals surface area contributed by atoms with Gasteiger partial charge in [0.15, 0.2) is 17.5 Å². The van der Waals surface area contributed by atoms with Crippen LogP contribution in [0.25, 0.3) is 78.3 Å². The highest BCUT2D eigenvalue weighted by Crippen LogP contribution is 2.60. The van der Waals surface area contributed by atoms with E-state index >= 15 is 0 Å². The third-order valence-electron chi connectivity index (χ3n) is 14.4. The monoisotopic (exact) mass is 948 g/mol. The normalized spacial score (nSPS) is 13.8. The van der Waals surface area contributed by atoms with Gasteiger partial charge in [0.05, 0.1) is 11.1 Å². The highest BCUT2D eigenvalue weighted by atomic mass is 15.1. The van der Waals surface area contributed by atoms with Gasteiger partial charge in [-0.3, -0.25) is 0 Å². The van der Waals surface area contributed by atoms with Gasteiger partial charge < -0.3 is 4.90 Å². The summed E-state index contributed by atoms with van der Waals surface area (Å²) in [5.74, 6) is 1.84. The number of hydrogen-bond acceptors (Lipinski definition) is 4. The number of nitrogens with zero attached hydrogens (tertiary/aromatic N) is 4. The van der Waals surface area contributed by atoms with Crippen molar-refractivity contribution in [3.63, 3.8) is 0 Å². The molecule has 0 radical (unpaired) electrons. The molecule has 10 aromatic carbocycles.